The number of ether oxygens (including phenoxy) is 1. The summed E-state index contributed by atoms with van der Waals surface area (Å²) < 4.78 is 4.78. The molecule has 5 heteroatoms. The lowest BCUT2D eigenvalue weighted by atomic mass is 10.1. The van der Waals surface area contributed by atoms with Gasteiger partial charge in [0.1, 0.15) is 11.6 Å². The number of nitrogens with zero attached hydrogens (tertiary/aromatic N) is 2. The third-order valence-electron chi connectivity index (χ3n) is 2.58. The fraction of sp³-hybridized carbons (Fsp3) is 0.214. The molecule has 0 N–H and O–H groups in total. The van der Waals surface area contributed by atoms with Crippen molar-refractivity contribution >= 4 is 17.1 Å². The minimum atomic E-state index is -0.845. The molecule has 1 heterocycles. The molecule has 0 radical (unpaired) electrons. The summed E-state index contributed by atoms with van der Waals surface area (Å²) in [6.07, 6.45) is 0. The Morgan fingerprint density at radius 3 is 2.84 bits per heavy atom. The highest BCUT2D eigenvalue weighted by atomic mass is 32.1. The Morgan fingerprint density at radius 2 is 2.21 bits per heavy atom. The lowest BCUT2D eigenvalue weighted by Gasteiger charge is -2.03. The predicted molar refractivity (Wildman–Crippen MR) is 72.8 cm³/mol. The first-order valence-electron chi connectivity index (χ1n) is 5.68. The van der Waals surface area contributed by atoms with Crippen LogP contribution in [0.3, 0.4) is 0 Å². The lowest BCUT2D eigenvalue weighted by Crippen LogP contribution is -2.15. The second-order valence-electron chi connectivity index (χ2n) is 3.90. The van der Waals surface area contributed by atoms with E-state index in [1.807, 2.05) is 41.8 Å². The number of carbonyl (C=O) groups excluding carboxylic acids is 1. The molecule has 0 aliphatic rings. The van der Waals surface area contributed by atoms with E-state index in [4.69, 9.17) is 10.00 Å². The fourth-order valence-electron chi connectivity index (χ4n) is 1.65. The van der Waals surface area contributed by atoms with E-state index in [1.165, 1.54) is 18.4 Å². The third-order valence-corrected chi connectivity index (χ3v) is 3.49. The van der Waals surface area contributed by atoms with Crippen LogP contribution in [0.15, 0.2) is 35.7 Å². The largest absolute Gasteiger partial charge is 0.377 e. The van der Waals surface area contributed by atoms with Crippen molar-refractivity contribution in [2.45, 2.75) is 5.92 Å². The van der Waals surface area contributed by atoms with Crippen LogP contribution in [0.1, 0.15) is 10.9 Å². The van der Waals surface area contributed by atoms with Gasteiger partial charge in [-0.05, 0) is 0 Å². The quantitative estimate of drug-likeness (QED) is 0.839. The maximum Gasteiger partial charge on any atom is 0.182 e. The number of rotatable bonds is 5. The van der Waals surface area contributed by atoms with Crippen LogP contribution in [0, 0.1) is 11.3 Å². The second kappa shape index (κ2) is 6.23. The van der Waals surface area contributed by atoms with Gasteiger partial charge in [-0.1, -0.05) is 30.3 Å². The summed E-state index contributed by atoms with van der Waals surface area (Å²) >= 11 is 1.32. The monoisotopic (exact) mass is 272 g/mol. The van der Waals surface area contributed by atoms with Gasteiger partial charge in [0.05, 0.1) is 11.8 Å². The molecular formula is C14H12N2O2S. The van der Waals surface area contributed by atoms with Crippen LogP contribution in [0.2, 0.25) is 0 Å². The van der Waals surface area contributed by atoms with Gasteiger partial charge < -0.3 is 4.74 Å². The first kappa shape index (κ1) is 13.4. The van der Waals surface area contributed by atoms with Crippen LogP contribution in [-0.2, 0) is 9.53 Å². The number of hydrogen-bond acceptors (Lipinski definition) is 5. The van der Waals surface area contributed by atoms with Gasteiger partial charge in [0.25, 0.3) is 0 Å². The minimum Gasteiger partial charge on any atom is -0.377 e. The summed E-state index contributed by atoms with van der Waals surface area (Å²) in [5, 5.41) is 11.5. The highest BCUT2D eigenvalue weighted by molar-refractivity contribution is 7.10. The van der Waals surface area contributed by atoms with Gasteiger partial charge in [0.15, 0.2) is 11.7 Å². The van der Waals surface area contributed by atoms with Crippen LogP contribution < -0.4 is 0 Å². The number of benzene rings is 1. The number of Topliss-reactive ketones (excluding diaryl/α,β-unsaturated/α-hetero) is 1. The Bertz CT molecular complexity index is 601. The van der Waals surface area contributed by atoms with Gasteiger partial charge in [-0.2, -0.15) is 5.26 Å². The molecule has 4 nitrogen and oxygen atoms in total. The van der Waals surface area contributed by atoms with Crippen molar-refractivity contribution < 1.29 is 9.53 Å². The predicted octanol–water partition coefficient (Wildman–Crippen LogP) is 2.63. The first-order chi connectivity index (χ1) is 9.26. The van der Waals surface area contributed by atoms with Gasteiger partial charge in [0.2, 0.25) is 0 Å². The van der Waals surface area contributed by atoms with E-state index in [1.54, 1.807) is 0 Å². The molecule has 1 aromatic heterocycles. The van der Waals surface area contributed by atoms with Gasteiger partial charge in [-0.25, -0.2) is 4.98 Å². The number of methoxy groups -OCH3 is 1. The lowest BCUT2D eigenvalue weighted by molar-refractivity contribution is -0.122. The number of carbonyl (C=O) groups is 1. The molecule has 0 amide bonds. The Kier molecular flexibility index (Phi) is 4.39. The standard InChI is InChI=1S/C14H12N2O2S/c1-18-8-13(17)11(7-15)14-16-12(9-19-14)10-5-3-2-4-6-10/h2-6,9,11H,8H2,1H3. The fourth-order valence-corrected chi connectivity index (χ4v) is 2.54. The summed E-state index contributed by atoms with van der Waals surface area (Å²) in [5.74, 6) is -1.11. The molecule has 0 saturated heterocycles. The smallest absolute Gasteiger partial charge is 0.182 e. The summed E-state index contributed by atoms with van der Waals surface area (Å²) in [7, 11) is 1.43. The highest BCUT2D eigenvalue weighted by Crippen LogP contribution is 2.26. The van der Waals surface area contributed by atoms with Crippen molar-refractivity contribution in [3.8, 4) is 17.3 Å². The maximum atomic E-state index is 11.7. The second-order valence-corrected chi connectivity index (χ2v) is 4.79. The molecule has 1 atom stereocenters. The zero-order valence-corrected chi connectivity index (χ0v) is 11.2. The number of aromatic nitrogens is 1. The van der Waals surface area contributed by atoms with Crippen molar-refractivity contribution in [2.24, 2.45) is 0 Å². The molecule has 0 bridgehead atoms. The van der Waals surface area contributed by atoms with E-state index >= 15 is 0 Å². The molecule has 2 rings (SSSR count). The molecule has 0 spiro atoms. The van der Waals surface area contributed by atoms with Crippen LogP contribution in [0.25, 0.3) is 11.3 Å². The molecule has 1 unspecified atom stereocenters. The van der Waals surface area contributed by atoms with Crippen molar-refractivity contribution in [3.05, 3.63) is 40.7 Å². The van der Waals surface area contributed by atoms with E-state index in [9.17, 15) is 4.79 Å². The van der Waals surface area contributed by atoms with E-state index < -0.39 is 5.92 Å². The summed E-state index contributed by atoms with van der Waals surface area (Å²) in [6.45, 7) is -0.0710. The van der Waals surface area contributed by atoms with Gasteiger partial charge in [-0.3, -0.25) is 4.79 Å². The molecule has 2 aromatic rings. The molecule has 1 aromatic carbocycles. The Hall–Kier alpha value is -2.03. The van der Waals surface area contributed by atoms with E-state index in [2.05, 4.69) is 4.98 Å². The Morgan fingerprint density at radius 1 is 1.47 bits per heavy atom. The van der Waals surface area contributed by atoms with Crippen molar-refractivity contribution in [2.75, 3.05) is 13.7 Å². The number of thiazole rings is 1. The number of ketones is 1. The van der Waals surface area contributed by atoms with E-state index in [0.717, 1.165) is 11.3 Å². The molecule has 96 valence electrons. The molecule has 0 aliphatic carbocycles. The molecule has 19 heavy (non-hydrogen) atoms. The van der Waals surface area contributed by atoms with Crippen molar-refractivity contribution in [1.82, 2.24) is 4.98 Å². The average Bonchev–Trinajstić information content (AvgIpc) is 2.90. The molecule has 0 fully saturated rings. The maximum absolute atomic E-state index is 11.7. The minimum absolute atomic E-state index is 0.0710. The van der Waals surface area contributed by atoms with Gasteiger partial charge in [0, 0.05) is 18.1 Å². The number of hydrogen-bond donors (Lipinski definition) is 0. The summed E-state index contributed by atoms with van der Waals surface area (Å²) in [6, 6.07) is 11.6. The van der Waals surface area contributed by atoms with Crippen LogP contribution in [0.4, 0.5) is 0 Å². The third kappa shape index (κ3) is 3.05. The zero-order chi connectivity index (χ0) is 13.7. The topological polar surface area (TPSA) is 63.0 Å². The van der Waals surface area contributed by atoms with Gasteiger partial charge >= 0.3 is 0 Å². The first-order valence-corrected chi connectivity index (χ1v) is 6.56. The summed E-state index contributed by atoms with van der Waals surface area (Å²) in [4.78, 5) is 16.1. The Balaban J connectivity index is 2.26. The molecular weight excluding hydrogens is 260 g/mol. The van der Waals surface area contributed by atoms with Crippen molar-refractivity contribution in [3.63, 3.8) is 0 Å². The van der Waals surface area contributed by atoms with E-state index in [0.29, 0.717) is 5.01 Å². The average molecular weight is 272 g/mol. The Labute approximate surface area is 115 Å². The van der Waals surface area contributed by atoms with E-state index in [-0.39, 0.29) is 12.4 Å². The van der Waals surface area contributed by atoms with Crippen LogP contribution in [0.5, 0.6) is 0 Å². The zero-order valence-electron chi connectivity index (χ0n) is 10.4. The van der Waals surface area contributed by atoms with Gasteiger partial charge in [-0.15, -0.1) is 11.3 Å². The van der Waals surface area contributed by atoms with Crippen LogP contribution in [-0.4, -0.2) is 24.5 Å². The van der Waals surface area contributed by atoms with Crippen molar-refractivity contribution in [1.29, 1.82) is 5.26 Å². The molecule has 0 saturated carbocycles. The number of nitriles is 1. The highest BCUT2D eigenvalue weighted by Gasteiger charge is 2.23. The summed E-state index contributed by atoms with van der Waals surface area (Å²) in [5.41, 5.74) is 1.76. The molecule has 0 aliphatic heterocycles. The normalized spacial score (nSPS) is 11.8. The van der Waals surface area contributed by atoms with Crippen LogP contribution >= 0.6 is 11.3 Å². The SMILES string of the molecule is COCC(=O)C(C#N)c1nc(-c2ccccc2)cs1.